The minimum absolute atomic E-state index is 0.0435. The van der Waals surface area contributed by atoms with Gasteiger partial charge in [-0.3, -0.25) is 18.8 Å². The van der Waals surface area contributed by atoms with E-state index in [1.807, 2.05) is 0 Å². The number of hydrazone groups is 1. The fourth-order valence-corrected chi connectivity index (χ4v) is 3.38. The summed E-state index contributed by atoms with van der Waals surface area (Å²) in [7, 11) is 0. The number of amides is 1. The molecule has 0 bridgehead atoms. The first-order chi connectivity index (χ1) is 9.41. The normalized spacial score (nSPS) is 17.9. The van der Waals surface area contributed by atoms with Crippen molar-refractivity contribution in [2.45, 2.75) is 19.3 Å². The first kappa shape index (κ1) is 14.8. The molecule has 0 N–H and O–H groups in total. The van der Waals surface area contributed by atoms with Crippen molar-refractivity contribution < 1.29 is 9.72 Å². The monoisotopic (exact) mass is 358 g/mol. The van der Waals surface area contributed by atoms with Gasteiger partial charge in [-0.1, -0.05) is 23.9 Å². The maximum Gasteiger partial charge on any atom is 0.293 e. The van der Waals surface area contributed by atoms with Crippen molar-refractivity contribution >= 4 is 50.2 Å². The number of hydrogen-bond acceptors (Lipinski definition) is 6. The third-order valence-electron chi connectivity index (χ3n) is 2.56. The number of carbonyl (C=O) groups excluding carboxylic acids is 1. The van der Waals surface area contributed by atoms with Gasteiger partial charge in [0.1, 0.15) is 5.69 Å². The fraction of sp³-hybridized carbons (Fsp3) is 0.273. The van der Waals surface area contributed by atoms with E-state index in [1.165, 1.54) is 33.7 Å². The molecular weight excluding hydrogens is 348 g/mol. The number of anilines is 1. The molecule has 1 amide bonds. The Kier molecular flexibility index (Phi) is 4.29. The molecule has 0 radical (unpaired) electrons. The highest BCUT2D eigenvalue weighted by Gasteiger charge is 2.35. The molecule has 1 aromatic rings. The van der Waals surface area contributed by atoms with Crippen LogP contribution in [0.2, 0.25) is 0 Å². The van der Waals surface area contributed by atoms with Gasteiger partial charge in [0.05, 0.1) is 26.1 Å². The molecule has 0 aliphatic carbocycles. The Bertz CT molecular complexity index is 595. The summed E-state index contributed by atoms with van der Waals surface area (Å²) in [5.74, 6) is -0.234. The lowest BCUT2D eigenvalue weighted by Gasteiger charge is -2.27. The second-order valence-electron chi connectivity index (χ2n) is 3.98. The van der Waals surface area contributed by atoms with Crippen LogP contribution < -0.4 is 3.93 Å². The Morgan fingerprint density at radius 1 is 1.55 bits per heavy atom. The number of halogens is 1. The number of para-hydroxylation sites is 2. The third kappa shape index (κ3) is 2.78. The maximum absolute atomic E-state index is 11.6. The van der Waals surface area contributed by atoms with Crippen LogP contribution >= 0.6 is 27.9 Å². The smallest absolute Gasteiger partial charge is 0.273 e. The summed E-state index contributed by atoms with van der Waals surface area (Å²) < 4.78 is 1.50. The van der Waals surface area contributed by atoms with Crippen LogP contribution in [0.15, 0.2) is 29.4 Å². The summed E-state index contributed by atoms with van der Waals surface area (Å²) in [6, 6.07) is 6.31. The highest BCUT2D eigenvalue weighted by molar-refractivity contribution is 9.10. The van der Waals surface area contributed by atoms with Gasteiger partial charge in [-0.2, -0.15) is 10.1 Å². The summed E-state index contributed by atoms with van der Waals surface area (Å²) in [6.07, 6.45) is 0. The Labute approximate surface area is 128 Å². The minimum Gasteiger partial charge on any atom is -0.273 e. The molecular formula is C11H11BrN4O3S. The summed E-state index contributed by atoms with van der Waals surface area (Å²) >= 11 is 4.65. The predicted octanol–water partition coefficient (Wildman–Crippen LogP) is 2.92. The van der Waals surface area contributed by atoms with E-state index in [2.05, 4.69) is 21.2 Å². The molecule has 2 rings (SSSR count). The van der Waals surface area contributed by atoms with Crippen LogP contribution in [-0.2, 0) is 4.79 Å². The van der Waals surface area contributed by atoms with E-state index >= 15 is 0 Å². The first-order valence-electron chi connectivity index (χ1n) is 5.62. The molecule has 0 saturated carbocycles. The van der Waals surface area contributed by atoms with Crippen molar-refractivity contribution in [3.05, 3.63) is 34.4 Å². The van der Waals surface area contributed by atoms with E-state index in [0.29, 0.717) is 10.7 Å². The molecule has 0 aromatic heterocycles. The lowest BCUT2D eigenvalue weighted by atomic mass is 10.3. The number of benzene rings is 1. The van der Waals surface area contributed by atoms with Gasteiger partial charge < -0.3 is 0 Å². The molecule has 0 fully saturated rings. The van der Waals surface area contributed by atoms with Crippen LogP contribution in [0, 0.1) is 10.1 Å². The number of nitro groups is 1. The van der Waals surface area contributed by atoms with Crippen molar-refractivity contribution in [2.24, 2.45) is 5.10 Å². The molecule has 9 heteroatoms. The molecule has 1 atom stereocenters. The van der Waals surface area contributed by atoms with Crippen molar-refractivity contribution in [1.82, 2.24) is 5.01 Å². The summed E-state index contributed by atoms with van der Waals surface area (Å²) in [5, 5.41) is 17.2. The van der Waals surface area contributed by atoms with Crippen molar-refractivity contribution in [3.63, 3.8) is 0 Å². The third-order valence-corrected chi connectivity index (χ3v) is 4.64. The second-order valence-corrected chi connectivity index (χ2v) is 6.00. The Morgan fingerprint density at radius 3 is 2.80 bits per heavy atom. The van der Waals surface area contributed by atoms with Gasteiger partial charge in [-0.05, 0) is 13.0 Å². The predicted molar refractivity (Wildman–Crippen MR) is 81.5 cm³/mol. The Balaban J connectivity index is 2.35. The van der Waals surface area contributed by atoms with Gasteiger partial charge >= 0.3 is 0 Å². The van der Waals surface area contributed by atoms with Crippen LogP contribution in [0.25, 0.3) is 0 Å². The van der Waals surface area contributed by atoms with Crippen LogP contribution in [0.1, 0.15) is 13.8 Å². The molecule has 106 valence electrons. The maximum atomic E-state index is 11.6. The number of thioether (sulfide) groups is 1. The van der Waals surface area contributed by atoms with Crippen LogP contribution in [-0.4, -0.2) is 26.4 Å². The molecule has 1 aliphatic heterocycles. The molecule has 7 nitrogen and oxygen atoms in total. The fourth-order valence-electron chi connectivity index (χ4n) is 1.71. The standard InChI is InChI=1S/C11H11BrN4O3S/c1-7-13-15(8(2)17)11(20-7)14(12)9-5-3-4-6-10(9)16(18)19/h3-6,11H,1-2H3. The molecule has 1 aliphatic rings. The highest BCUT2D eigenvalue weighted by Crippen LogP contribution is 2.38. The Morgan fingerprint density at radius 2 is 2.20 bits per heavy atom. The SMILES string of the molecule is CC(=O)N1N=C(C)SC1N(Br)c1ccccc1[N+](=O)[O-]. The highest BCUT2D eigenvalue weighted by atomic mass is 79.9. The lowest BCUT2D eigenvalue weighted by molar-refractivity contribution is -0.384. The second kappa shape index (κ2) is 5.80. The molecule has 20 heavy (non-hydrogen) atoms. The zero-order valence-corrected chi connectivity index (χ0v) is 13.1. The topological polar surface area (TPSA) is 79.0 Å². The number of nitrogens with zero attached hydrogens (tertiary/aromatic N) is 4. The number of carbonyl (C=O) groups is 1. The van der Waals surface area contributed by atoms with Crippen molar-refractivity contribution in [2.75, 3.05) is 3.93 Å². The van der Waals surface area contributed by atoms with E-state index in [0.717, 1.165) is 0 Å². The van der Waals surface area contributed by atoms with Gasteiger partial charge in [0.15, 0.2) is 5.50 Å². The zero-order chi connectivity index (χ0) is 14.9. The van der Waals surface area contributed by atoms with E-state index in [9.17, 15) is 14.9 Å². The van der Waals surface area contributed by atoms with Gasteiger partial charge in [-0.15, -0.1) is 0 Å². The quantitative estimate of drug-likeness (QED) is 0.471. The molecule has 1 aromatic carbocycles. The zero-order valence-electron chi connectivity index (χ0n) is 10.7. The van der Waals surface area contributed by atoms with Gasteiger partial charge in [-0.25, -0.2) is 0 Å². The van der Waals surface area contributed by atoms with E-state index in [4.69, 9.17) is 0 Å². The number of hydrogen-bond donors (Lipinski definition) is 0. The molecule has 0 spiro atoms. The summed E-state index contributed by atoms with van der Waals surface area (Å²) in [4.78, 5) is 22.2. The minimum atomic E-state index is -0.492. The molecule has 1 heterocycles. The summed E-state index contributed by atoms with van der Waals surface area (Å²) in [6.45, 7) is 3.18. The van der Waals surface area contributed by atoms with Crippen LogP contribution in [0.5, 0.6) is 0 Å². The average Bonchev–Trinajstić information content (AvgIpc) is 2.80. The van der Waals surface area contributed by atoms with Gasteiger partial charge in [0.2, 0.25) is 5.91 Å². The van der Waals surface area contributed by atoms with Gasteiger partial charge in [0.25, 0.3) is 5.69 Å². The number of nitro benzene ring substituents is 1. The lowest BCUT2D eigenvalue weighted by Crippen LogP contribution is -2.38. The first-order valence-corrected chi connectivity index (χ1v) is 7.21. The Hall–Kier alpha value is -1.61. The largest absolute Gasteiger partial charge is 0.293 e. The van der Waals surface area contributed by atoms with Crippen molar-refractivity contribution in [1.29, 1.82) is 0 Å². The van der Waals surface area contributed by atoms with E-state index in [-0.39, 0.29) is 11.6 Å². The van der Waals surface area contributed by atoms with Crippen LogP contribution in [0.4, 0.5) is 11.4 Å². The van der Waals surface area contributed by atoms with Crippen molar-refractivity contribution in [3.8, 4) is 0 Å². The summed E-state index contributed by atoms with van der Waals surface area (Å²) in [5.41, 5.74) is -0.169. The number of rotatable bonds is 3. The molecule has 1 unspecified atom stereocenters. The van der Waals surface area contributed by atoms with Gasteiger partial charge in [0, 0.05) is 13.0 Å². The average molecular weight is 359 g/mol. The van der Waals surface area contributed by atoms with E-state index < -0.39 is 10.4 Å². The molecule has 0 saturated heterocycles. The van der Waals surface area contributed by atoms with Crippen LogP contribution in [0.3, 0.4) is 0 Å². The van der Waals surface area contributed by atoms with E-state index in [1.54, 1.807) is 25.1 Å².